The molecule has 1 unspecified atom stereocenters. The van der Waals surface area contributed by atoms with Crippen LogP contribution < -0.4 is 5.01 Å². The highest BCUT2D eigenvalue weighted by Gasteiger charge is 2.29. The number of allylic oxidation sites excluding steroid dienone is 1. The summed E-state index contributed by atoms with van der Waals surface area (Å²) < 4.78 is 13.6. The van der Waals surface area contributed by atoms with Gasteiger partial charge in [-0.1, -0.05) is 90.5 Å². The van der Waals surface area contributed by atoms with Crippen LogP contribution in [0.4, 0.5) is 10.1 Å². The van der Waals surface area contributed by atoms with Crippen molar-refractivity contribution in [3.63, 3.8) is 0 Å². The number of rotatable bonds is 6. The Morgan fingerprint density at radius 1 is 0.886 bits per heavy atom. The Bertz CT molecular complexity index is 1370. The van der Waals surface area contributed by atoms with E-state index in [1.165, 1.54) is 12.1 Å². The lowest BCUT2D eigenvalue weighted by atomic mass is 9.98. The lowest BCUT2D eigenvalue weighted by Gasteiger charge is -2.24. The van der Waals surface area contributed by atoms with E-state index < -0.39 is 0 Å². The van der Waals surface area contributed by atoms with Crippen molar-refractivity contribution in [2.45, 2.75) is 19.4 Å². The fraction of sp³-hybridized carbons (Fsp3) is 0.0968. The van der Waals surface area contributed by atoms with Crippen molar-refractivity contribution in [3.8, 4) is 0 Å². The molecule has 35 heavy (non-hydrogen) atoms. The van der Waals surface area contributed by atoms with Crippen LogP contribution >= 0.6 is 0 Å². The van der Waals surface area contributed by atoms with E-state index in [0.717, 1.165) is 40.1 Å². The predicted molar refractivity (Wildman–Crippen MR) is 140 cm³/mol. The first-order chi connectivity index (χ1) is 17.1. The molecule has 0 amide bonds. The van der Waals surface area contributed by atoms with E-state index in [0.29, 0.717) is 5.56 Å². The van der Waals surface area contributed by atoms with Crippen LogP contribution in [-0.2, 0) is 0 Å². The number of hydrogen-bond donors (Lipinski definition) is 0. The first-order valence-electron chi connectivity index (χ1n) is 11.6. The van der Waals surface area contributed by atoms with E-state index in [1.54, 1.807) is 6.08 Å². The smallest absolute Gasteiger partial charge is 0.185 e. The second-order valence-electron chi connectivity index (χ2n) is 8.68. The molecule has 172 valence electrons. The van der Waals surface area contributed by atoms with Gasteiger partial charge in [-0.3, -0.25) is 9.80 Å². The highest BCUT2D eigenvalue weighted by Crippen LogP contribution is 2.36. The monoisotopic (exact) mass is 460 g/mol. The molecular weight excluding hydrogens is 435 g/mol. The molecule has 0 radical (unpaired) electrons. The summed E-state index contributed by atoms with van der Waals surface area (Å²) in [6.45, 7) is 2.00. The van der Waals surface area contributed by atoms with Gasteiger partial charge in [0, 0.05) is 12.0 Å². The average Bonchev–Trinajstić information content (AvgIpc) is 3.34. The molecule has 0 aliphatic carbocycles. The Balaban J connectivity index is 1.39. The average molecular weight is 461 g/mol. The fourth-order valence-corrected chi connectivity index (χ4v) is 4.22. The molecule has 0 saturated heterocycles. The summed E-state index contributed by atoms with van der Waals surface area (Å²) in [6, 6.07) is 32.2. The minimum Gasteiger partial charge on any atom is -0.289 e. The van der Waals surface area contributed by atoms with Crippen molar-refractivity contribution in [2.24, 2.45) is 5.10 Å². The van der Waals surface area contributed by atoms with Crippen molar-refractivity contribution >= 4 is 23.3 Å². The van der Waals surface area contributed by atoms with E-state index in [4.69, 9.17) is 5.10 Å². The van der Waals surface area contributed by atoms with Crippen LogP contribution in [0.1, 0.15) is 45.1 Å². The number of anilines is 1. The molecule has 4 heteroatoms. The molecule has 1 atom stereocenters. The van der Waals surface area contributed by atoms with Crippen molar-refractivity contribution in [3.05, 3.63) is 143 Å². The molecule has 4 aromatic carbocycles. The number of carbonyl (C=O) groups is 1. The minimum atomic E-state index is -0.251. The molecule has 0 fully saturated rings. The molecule has 4 aromatic rings. The molecule has 0 bridgehead atoms. The molecule has 1 aliphatic heterocycles. The van der Waals surface area contributed by atoms with E-state index in [2.05, 4.69) is 12.1 Å². The number of carbonyl (C=O) groups excluding carboxylic acids is 1. The summed E-state index contributed by atoms with van der Waals surface area (Å²) in [5.41, 5.74) is 6.74. The van der Waals surface area contributed by atoms with Crippen LogP contribution in [0.25, 0.3) is 6.08 Å². The van der Waals surface area contributed by atoms with Gasteiger partial charge < -0.3 is 0 Å². The maximum atomic E-state index is 13.6. The number of hydrogen-bond acceptors (Lipinski definition) is 3. The van der Waals surface area contributed by atoms with Gasteiger partial charge in [0.15, 0.2) is 5.78 Å². The Kier molecular flexibility index (Phi) is 6.36. The number of halogens is 1. The summed E-state index contributed by atoms with van der Waals surface area (Å²) in [5, 5.41) is 6.94. The van der Waals surface area contributed by atoms with Gasteiger partial charge in [-0.05, 0) is 54.0 Å². The van der Waals surface area contributed by atoms with E-state index >= 15 is 0 Å². The fourth-order valence-electron chi connectivity index (χ4n) is 4.22. The summed E-state index contributed by atoms with van der Waals surface area (Å²) in [4.78, 5) is 12.5. The van der Waals surface area contributed by atoms with Gasteiger partial charge in [-0.2, -0.15) is 5.10 Å². The molecular formula is C31H25FN2O. The topological polar surface area (TPSA) is 32.7 Å². The van der Waals surface area contributed by atoms with Crippen LogP contribution in [0.2, 0.25) is 0 Å². The molecule has 1 aliphatic rings. The SMILES string of the molecule is Cc1ccc(C(=O)/C=C/c2ccc(N3N=C(c4ccccc4)CC3c3ccc(F)cc3)cc2)cc1. The predicted octanol–water partition coefficient (Wildman–Crippen LogP) is 7.39. The molecule has 0 spiro atoms. The van der Waals surface area contributed by atoms with Crippen molar-refractivity contribution in [2.75, 3.05) is 5.01 Å². The van der Waals surface area contributed by atoms with Crippen molar-refractivity contribution in [1.82, 2.24) is 0 Å². The standard InChI is InChI=1S/C31H25FN2O/c1-22-7-12-26(13-8-22)31(35)20-11-23-9-18-28(19-10-23)34-30(25-14-16-27(32)17-15-25)21-29(33-34)24-5-3-2-4-6-24/h2-20,30H,21H2,1H3/b20-11+. The highest BCUT2D eigenvalue weighted by atomic mass is 19.1. The normalized spacial score (nSPS) is 15.4. The summed E-state index contributed by atoms with van der Waals surface area (Å²) in [6.07, 6.45) is 4.15. The van der Waals surface area contributed by atoms with Crippen molar-refractivity contribution in [1.29, 1.82) is 0 Å². The van der Waals surface area contributed by atoms with Gasteiger partial charge in [-0.25, -0.2) is 4.39 Å². The first-order valence-corrected chi connectivity index (χ1v) is 11.6. The van der Waals surface area contributed by atoms with Crippen LogP contribution in [-0.4, -0.2) is 11.5 Å². The summed E-state index contributed by atoms with van der Waals surface area (Å²) in [7, 11) is 0. The number of benzene rings is 4. The second kappa shape index (κ2) is 9.90. The van der Waals surface area contributed by atoms with Gasteiger partial charge >= 0.3 is 0 Å². The third-order valence-electron chi connectivity index (χ3n) is 6.19. The first kappa shape index (κ1) is 22.5. The molecule has 3 nitrogen and oxygen atoms in total. The zero-order chi connectivity index (χ0) is 24.2. The molecule has 1 heterocycles. The van der Waals surface area contributed by atoms with Gasteiger partial charge in [0.1, 0.15) is 5.82 Å². The number of aryl methyl sites for hydroxylation is 1. The van der Waals surface area contributed by atoms with Crippen LogP contribution in [0.15, 0.2) is 114 Å². The van der Waals surface area contributed by atoms with Gasteiger partial charge in [-0.15, -0.1) is 0 Å². The van der Waals surface area contributed by atoms with E-state index in [1.807, 2.05) is 96.9 Å². The molecule has 5 rings (SSSR count). The summed E-state index contributed by atoms with van der Waals surface area (Å²) in [5.74, 6) is -0.277. The van der Waals surface area contributed by atoms with Gasteiger partial charge in [0.2, 0.25) is 0 Å². The maximum Gasteiger partial charge on any atom is 0.185 e. The lowest BCUT2D eigenvalue weighted by molar-refractivity contribution is 0.104. The molecule has 0 aromatic heterocycles. The largest absolute Gasteiger partial charge is 0.289 e. The quantitative estimate of drug-likeness (QED) is 0.222. The second-order valence-corrected chi connectivity index (χ2v) is 8.68. The number of nitrogens with zero attached hydrogens (tertiary/aromatic N) is 2. The lowest BCUT2D eigenvalue weighted by Crippen LogP contribution is -2.18. The van der Waals surface area contributed by atoms with Crippen LogP contribution in [0.5, 0.6) is 0 Å². The number of ketones is 1. The van der Waals surface area contributed by atoms with E-state index in [-0.39, 0.29) is 17.6 Å². The third kappa shape index (κ3) is 5.12. The Morgan fingerprint density at radius 2 is 1.57 bits per heavy atom. The van der Waals surface area contributed by atoms with Crippen LogP contribution in [0.3, 0.4) is 0 Å². The van der Waals surface area contributed by atoms with Crippen molar-refractivity contribution < 1.29 is 9.18 Å². The van der Waals surface area contributed by atoms with E-state index in [9.17, 15) is 9.18 Å². The molecule has 0 saturated carbocycles. The zero-order valence-electron chi connectivity index (χ0n) is 19.4. The highest BCUT2D eigenvalue weighted by molar-refractivity contribution is 6.07. The zero-order valence-corrected chi connectivity index (χ0v) is 19.4. The summed E-state index contributed by atoms with van der Waals surface area (Å²) >= 11 is 0. The maximum absolute atomic E-state index is 13.6. The van der Waals surface area contributed by atoms with Crippen LogP contribution in [0, 0.1) is 12.7 Å². The minimum absolute atomic E-state index is 0.0258. The Labute approximate surface area is 204 Å². The Hall–Kier alpha value is -4.31. The van der Waals surface area contributed by atoms with Gasteiger partial charge in [0.05, 0.1) is 17.4 Å². The molecule has 0 N–H and O–H groups in total. The number of hydrazone groups is 1. The van der Waals surface area contributed by atoms with Gasteiger partial charge in [0.25, 0.3) is 0 Å². The third-order valence-corrected chi connectivity index (χ3v) is 6.19. The Morgan fingerprint density at radius 3 is 2.26 bits per heavy atom.